The molecular formula is C13H25NOS. The van der Waals surface area contributed by atoms with Crippen LogP contribution in [0.1, 0.15) is 32.1 Å². The quantitative estimate of drug-likeness (QED) is 0.745. The third kappa shape index (κ3) is 3.14. The van der Waals surface area contributed by atoms with E-state index in [2.05, 4.69) is 24.6 Å². The van der Waals surface area contributed by atoms with Crippen molar-refractivity contribution in [2.75, 3.05) is 39.1 Å². The van der Waals surface area contributed by atoms with Gasteiger partial charge in [-0.3, -0.25) is 0 Å². The van der Waals surface area contributed by atoms with Crippen molar-refractivity contribution in [2.24, 2.45) is 11.3 Å². The molecule has 0 spiro atoms. The molecule has 2 nitrogen and oxygen atoms in total. The molecule has 0 aromatic rings. The summed E-state index contributed by atoms with van der Waals surface area (Å²) < 4.78 is 5.54. The number of hydrogen-bond acceptors (Lipinski definition) is 3. The largest absolute Gasteiger partial charge is 0.381 e. The Balaban J connectivity index is 1.72. The van der Waals surface area contributed by atoms with E-state index in [1.807, 2.05) is 0 Å². The van der Waals surface area contributed by atoms with Crippen LogP contribution >= 0.6 is 12.6 Å². The summed E-state index contributed by atoms with van der Waals surface area (Å²) in [4.78, 5) is 2.51. The fourth-order valence-corrected chi connectivity index (χ4v) is 3.49. The number of rotatable bonds is 5. The van der Waals surface area contributed by atoms with Gasteiger partial charge in [-0.25, -0.2) is 0 Å². The van der Waals surface area contributed by atoms with Gasteiger partial charge >= 0.3 is 0 Å². The average Bonchev–Trinajstić information content (AvgIpc) is 2.25. The molecule has 0 bridgehead atoms. The molecule has 0 radical (unpaired) electrons. The predicted octanol–water partition coefficient (Wildman–Crippen LogP) is 2.44. The van der Waals surface area contributed by atoms with Gasteiger partial charge in [-0.05, 0) is 49.8 Å². The van der Waals surface area contributed by atoms with E-state index in [4.69, 9.17) is 4.74 Å². The Morgan fingerprint density at radius 1 is 1.38 bits per heavy atom. The molecule has 2 rings (SSSR count). The molecular weight excluding hydrogens is 218 g/mol. The highest BCUT2D eigenvalue weighted by atomic mass is 32.1. The molecule has 1 aliphatic heterocycles. The van der Waals surface area contributed by atoms with Gasteiger partial charge in [0, 0.05) is 19.7 Å². The van der Waals surface area contributed by atoms with Crippen LogP contribution in [0.2, 0.25) is 0 Å². The normalized spacial score (nSPS) is 29.1. The standard InChI is InChI=1S/C13H25NOS/c1-14(8-12-4-2-7-15-9-12)10-13(11-16)5-3-6-13/h12,16H,2-11H2,1H3. The minimum atomic E-state index is 0.535. The second-order valence-electron chi connectivity index (χ2n) is 5.79. The highest BCUT2D eigenvalue weighted by molar-refractivity contribution is 7.80. The molecule has 0 amide bonds. The van der Waals surface area contributed by atoms with E-state index in [9.17, 15) is 0 Å². The third-order valence-corrected chi connectivity index (χ3v) is 4.85. The van der Waals surface area contributed by atoms with Gasteiger partial charge in [0.2, 0.25) is 0 Å². The molecule has 0 aromatic heterocycles. The van der Waals surface area contributed by atoms with Crippen LogP contribution in [-0.4, -0.2) is 44.0 Å². The van der Waals surface area contributed by atoms with Crippen molar-refractivity contribution in [1.29, 1.82) is 0 Å². The van der Waals surface area contributed by atoms with Crippen molar-refractivity contribution in [1.82, 2.24) is 4.90 Å². The van der Waals surface area contributed by atoms with Crippen LogP contribution in [0, 0.1) is 11.3 Å². The minimum Gasteiger partial charge on any atom is -0.381 e. The van der Waals surface area contributed by atoms with E-state index in [-0.39, 0.29) is 0 Å². The van der Waals surface area contributed by atoms with Crippen LogP contribution in [0.5, 0.6) is 0 Å². The molecule has 1 saturated carbocycles. The minimum absolute atomic E-state index is 0.535. The van der Waals surface area contributed by atoms with Crippen molar-refractivity contribution in [3.05, 3.63) is 0 Å². The van der Waals surface area contributed by atoms with Gasteiger partial charge in [0.25, 0.3) is 0 Å². The number of thiol groups is 1. The highest BCUT2D eigenvalue weighted by Gasteiger charge is 2.36. The summed E-state index contributed by atoms with van der Waals surface area (Å²) in [7, 11) is 2.26. The second-order valence-corrected chi connectivity index (χ2v) is 6.11. The summed E-state index contributed by atoms with van der Waals surface area (Å²) in [5.74, 6) is 1.81. The molecule has 3 heteroatoms. The summed E-state index contributed by atoms with van der Waals surface area (Å²) in [6.07, 6.45) is 6.75. The van der Waals surface area contributed by atoms with Gasteiger partial charge in [0.1, 0.15) is 0 Å². The first-order chi connectivity index (χ1) is 7.74. The summed E-state index contributed by atoms with van der Waals surface area (Å²) >= 11 is 4.52. The molecule has 16 heavy (non-hydrogen) atoms. The first-order valence-electron chi connectivity index (χ1n) is 6.61. The summed E-state index contributed by atoms with van der Waals surface area (Å²) in [5.41, 5.74) is 0.535. The Hall–Kier alpha value is 0.270. The highest BCUT2D eigenvalue weighted by Crippen LogP contribution is 2.42. The lowest BCUT2D eigenvalue weighted by molar-refractivity contribution is 0.0290. The molecule has 0 N–H and O–H groups in total. The van der Waals surface area contributed by atoms with Gasteiger partial charge in [0.05, 0.1) is 6.61 Å². The maximum Gasteiger partial charge on any atom is 0.0506 e. The zero-order valence-corrected chi connectivity index (χ0v) is 11.3. The fourth-order valence-electron chi connectivity index (χ4n) is 3.07. The number of nitrogens with zero attached hydrogens (tertiary/aromatic N) is 1. The maximum absolute atomic E-state index is 5.54. The Kier molecular flexibility index (Phi) is 4.57. The van der Waals surface area contributed by atoms with Gasteiger partial charge in [-0.2, -0.15) is 12.6 Å². The molecule has 94 valence electrons. The zero-order valence-electron chi connectivity index (χ0n) is 10.5. The lowest BCUT2D eigenvalue weighted by Crippen LogP contribution is -2.44. The van der Waals surface area contributed by atoms with Crippen LogP contribution in [0.3, 0.4) is 0 Å². The monoisotopic (exact) mass is 243 g/mol. The lowest BCUT2D eigenvalue weighted by Gasteiger charge is -2.44. The van der Waals surface area contributed by atoms with Crippen LogP contribution in [-0.2, 0) is 4.74 Å². The van der Waals surface area contributed by atoms with Crippen LogP contribution in [0.25, 0.3) is 0 Å². The zero-order chi connectivity index (χ0) is 11.4. The molecule has 0 aromatic carbocycles. The fraction of sp³-hybridized carbons (Fsp3) is 1.00. The van der Waals surface area contributed by atoms with Crippen molar-refractivity contribution >= 4 is 12.6 Å². The lowest BCUT2D eigenvalue weighted by atomic mass is 9.70. The first-order valence-corrected chi connectivity index (χ1v) is 7.24. The van der Waals surface area contributed by atoms with Gasteiger partial charge < -0.3 is 9.64 Å². The topological polar surface area (TPSA) is 12.5 Å². The first kappa shape index (κ1) is 12.7. The Labute approximate surface area is 105 Å². The van der Waals surface area contributed by atoms with E-state index < -0.39 is 0 Å². The molecule has 1 heterocycles. The van der Waals surface area contributed by atoms with Crippen LogP contribution in [0.15, 0.2) is 0 Å². The van der Waals surface area contributed by atoms with E-state index in [1.54, 1.807) is 0 Å². The smallest absolute Gasteiger partial charge is 0.0506 e. The molecule has 1 atom stereocenters. The van der Waals surface area contributed by atoms with E-state index in [1.165, 1.54) is 45.2 Å². The van der Waals surface area contributed by atoms with Crippen LogP contribution in [0.4, 0.5) is 0 Å². The van der Waals surface area contributed by atoms with E-state index >= 15 is 0 Å². The van der Waals surface area contributed by atoms with Crippen molar-refractivity contribution in [3.63, 3.8) is 0 Å². The molecule has 1 aliphatic carbocycles. The summed E-state index contributed by atoms with van der Waals surface area (Å²) in [5, 5.41) is 0. The van der Waals surface area contributed by atoms with E-state index in [0.29, 0.717) is 5.41 Å². The number of hydrogen-bond donors (Lipinski definition) is 1. The Morgan fingerprint density at radius 2 is 2.19 bits per heavy atom. The Bertz CT molecular complexity index is 206. The summed E-state index contributed by atoms with van der Waals surface area (Å²) in [6, 6.07) is 0. The van der Waals surface area contributed by atoms with Crippen molar-refractivity contribution in [3.8, 4) is 0 Å². The summed E-state index contributed by atoms with van der Waals surface area (Å²) in [6.45, 7) is 4.38. The maximum atomic E-state index is 5.54. The third-order valence-electron chi connectivity index (χ3n) is 4.18. The SMILES string of the molecule is CN(CC1CCCOC1)CC1(CS)CCC1. The Morgan fingerprint density at radius 3 is 2.69 bits per heavy atom. The molecule has 1 saturated heterocycles. The van der Waals surface area contributed by atoms with Crippen molar-refractivity contribution in [2.45, 2.75) is 32.1 Å². The van der Waals surface area contributed by atoms with Gasteiger partial charge in [-0.1, -0.05) is 6.42 Å². The molecule has 2 fully saturated rings. The second kappa shape index (κ2) is 5.74. The molecule has 1 unspecified atom stereocenters. The number of ether oxygens (including phenoxy) is 1. The van der Waals surface area contributed by atoms with Gasteiger partial charge in [-0.15, -0.1) is 0 Å². The van der Waals surface area contributed by atoms with Crippen molar-refractivity contribution < 1.29 is 4.74 Å². The van der Waals surface area contributed by atoms with Gasteiger partial charge in [0.15, 0.2) is 0 Å². The predicted molar refractivity (Wildman–Crippen MR) is 71.2 cm³/mol. The average molecular weight is 243 g/mol. The van der Waals surface area contributed by atoms with Crippen LogP contribution < -0.4 is 0 Å². The van der Waals surface area contributed by atoms with E-state index in [0.717, 1.165) is 24.9 Å². The molecule has 2 aliphatic rings.